The number of hydrogen-bond donors (Lipinski definition) is 1. The van der Waals surface area contributed by atoms with Crippen molar-refractivity contribution < 1.29 is 19.1 Å². The van der Waals surface area contributed by atoms with Crippen LogP contribution in [0.25, 0.3) is 0 Å². The van der Waals surface area contributed by atoms with Crippen molar-refractivity contribution in [3.8, 4) is 0 Å². The maximum atomic E-state index is 13.3. The van der Waals surface area contributed by atoms with Gasteiger partial charge in [0.1, 0.15) is 5.60 Å². The van der Waals surface area contributed by atoms with Crippen molar-refractivity contribution in [2.45, 2.75) is 18.1 Å². The Labute approximate surface area is 180 Å². The molecule has 0 unspecified atom stereocenters. The van der Waals surface area contributed by atoms with Crippen LogP contribution in [-0.4, -0.2) is 74.4 Å². The number of benzene rings is 1. The first-order chi connectivity index (χ1) is 14.6. The van der Waals surface area contributed by atoms with Crippen LogP contribution in [0, 0.1) is 11.8 Å². The molecule has 5 rings (SSSR count). The summed E-state index contributed by atoms with van der Waals surface area (Å²) in [6.45, 7) is 5.38. The smallest absolute Gasteiger partial charge is 0.234 e. The van der Waals surface area contributed by atoms with Crippen LogP contribution < -0.4 is 10.2 Å². The molecule has 4 heterocycles. The lowest BCUT2D eigenvalue weighted by molar-refractivity contribution is -0.131. The molecule has 7 nitrogen and oxygen atoms in total. The average Bonchev–Trinajstić information content (AvgIpc) is 3.41. The largest absolute Gasteiger partial charge is 0.379 e. The normalized spacial score (nSPS) is 32.6. The van der Waals surface area contributed by atoms with Crippen LogP contribution in [0.5, 0.6) is 0 Å². The lowest BCUT2D eigenvalue weighted by Gasteiger charge is -2.27. The fourth-order valence-corrected chi connectivity index (χ4v) is 5.22. The number of halogens is 1. The molecule has 4 atom stereocenters. The van der Waals surface area contributed by atoms with E-state index in [9.17, 15) is 9.59 Å². The van der Waals surface area contributed by atoms with Crippen molar-refractivity contribution in [1.82, 2.24) is 10.2 Å². The van der Waals surface area contributed by atoms with Crippen LogP contribution in [0.4, 0.5) is 5.69 Å². The second-order valence-electron chi connectivity index (χ2n) is 8.40. The first kappa shape index (κ1) is 20.0. The summed E-state index contributed by atoms with van der Waals surface area (Å²) < 4.78 is 11.5. The Kier molecular flexibility index (Phi) is 5.31. The maximum absolute atomic E-state index is 13.3. The number of rotatable bonds is 6. The predicted molar refractivity (Wildman–Crippen MR) is 112 cm³/mol. The van der Waals surface area contributed by atoms with Crippen LogP contribution in [0.1, 0.15) is 6.42 Å². The van der Waals surface area contributed by atoms with Gasteiger partial charge in [0.05, 0.1) is 37.7 Å². The molecule has 160 valence electrons. The fourth-order valence-electron chi connectivity index (χ4n) is 5.09. The van der Waals surface area contributed by atoms with Gasteiger partial charge in [0.2, 0.25) is 11.8 Å². The van der Waals surface area contributed by atoms with E-state index >= 15 is 0 Å². The van der Waals surface area contributed by atoms with Crippen molar-refractivity contribution in [1.29, 1.82) is 0 Å². The molecule has 2 bridgehead atoms. The number of fused-ring (bicyclic) bond motifs is 1. The molecule has 4 aliphatic rings. The van der Waals surface area contributed by atoms with Gasteiger partial charge in [-0.15, -0.1) is 0 Å². The Morgan fingerprint density at radius 1 is 1.23 bits per heavy atom. The predicted octanol–water partition coefficient (Wildman–Crippen LogP) is 1.46. The number of nitrogens with zero attached hydrogens (tertiary/aromatic N) is 2. The van der Waals surface area contributed by atoms with Gasteiger partial charge in [-0.1, -0.05) is 23.8 Å². The first-order valence-corrected chi connectivity index (χ1v) is 11.0. The van der Waals surface area contributed by atoms with E-state index in [0.29, 0.717) is 18.1 Å². The van der Waals surface area contributed by atoms with E-state index in [2.05, 4.69) is 10.2 Å². The van der Waals surface area contributed by atoms with Crippen molar-refractivity contribution in [3.05, 3.63) is 41.4 Å². The van der Waals surface area contributed by atoms with Crippen LogP contribution >= 0.6 is 11.6 Å². The van der Waals surface area contributed by atoms with E-state index in [4.69, 9.17) is 21.1 Å². The second kappa shape index (κ2) is 7.96. The average molecular weight is 432 g/mol. The minimum atomic E-state index is -0.711. The number of hydrogen-bond acceptors (Lipinski definition) is 5. The molecular formula is C22H26ClN3O4. The third-order valence-electron chi connectivity index (χ3n) is 6.60. The van der Waals surface area contributed by atoms with Gasteiger partial charge in [-0.25, -0.2) is 0 Å². The highest BCUT2D eigenvalue weighted by Gasteiger charge is 2.67. The summed E-state index contributed by atoms with van der Waals surface area (Å²) in [5.74, 6) is -1.12. The van der Waals surface area contributed by atoms with E-state index in [1.54, 1.807) is 17.0 Å². The molecule has 3 fully saturated rings. The standard InChI is InChI=1S/C22H26ClN3O4/c23-15-2-4-16(5-3-15)26-14-22-7-6-17(30-22)18(19(22)21(26)28)20(27)24-8-1-9-25-10-12-29-13-11-25/h2-7,17-19H,1,8-14H2,(H,24,27)/t17-,18-,19-,22-/m1/s1. The molecule has 3 saturated heterocycles. The quantitative estimate of drug-likeness (QED) is 0.545. The van der Waals surface area contributed by atoms with E-state index in [1.807, 2.05) is 24.3 Å². The molecule has 1 spiro atoms. The highest BCUT2D eigenvalue weighted by molar-refractivity contribution is 6.30. The lowest BCUT2D eigenvalue weighted by Crippen LogP contribution is -2.45. The number of carbonyl (C=O) groups is 2. The zero-order valence-corrected chi connectivity index (χ0v) is 17.5. The van der Waals surface area contributed by atoms with Crippen LogP contribution in [0.3, 0.4) is 0 Å². The Hall–Kier alpha value is -1.93. The van der Waals surface area contributed by atoms with Crippen molar-refractivity contribution in [2.75, 3.05) is 50.8 Å². The second-order valence-corrected chi connectivity index (χ2v) is 8.84. The van der Waals surface area contributed by atoms with Crippen molar-refractivity contribution >= 4 is 29.1 Å². The number of nitrogens with one attached hydrogen (secondary N) is 1. The summed E-state index contributed by atoms with van der Waals surface area (Å²) in [4.78, 5) is 30.4. The van der Waals surface area contributed by atoms with E-state index in [0.717, 1.165) is 45.0 Å². The Morgan fingerprint density at radius 2 is 2.00 bits per heavy atom. The van der Waals surface area contributed by atoms with Gasteiger partial charge >= 0.3 is 0 Å². The molecule has 30 heavy (non-hydrogen) atoms. The number of ether oxygens (including phenoxy) is 2. The van der Waals surface area contributed by atoms with Gasteiger partial charge in [0.15, 0.2) is 0 Å². The molecule has 0 saturated carbocycles. The Morgan fingerprint density at radius 3 is 2.77 bits per heavy atom. The summed E-state index contributed by atoms with van der Waals surface area (Å²) in [6.07, 6.45) is 4.46. The molecule has 4 aliphatic heterocycles. The minimum Gasteiger partial charge on any atom is -0.379 e. The van der Waals surface area contributed by atoms with Gasteiger partial charge in [0, 0.05) is 30.3 Å². The third kappa shape index (κ3) is 3.43. The topological polar surface area (TPSA) is 71.1 Å². The van der Waals surface area contributed by atoms with E-state index in [1.165, 1.54) is 0 Å². The maximum Gasteiger partial charge on any atom is 0.234 e. The molecule has 8 heteroatoms. The number of amides is 2. The molecule has 1 N–H and O–H groups in total. The van der Waals surface area contributed by atoms with E-state index < -0.39 is 17.4 Å². The molecule has 2 amide bonds. The first-order valence-electron chi connectivity index (χ1n) is 10.6. The monoisotopic (exact) mass is 431 g/mol. The van der Waals surface area contributed by atoms with Crippen LogP contribution in [0.2, 0.25) is 5.02 Å². The molecule has 1 aromatic carbocycles. The van der Waals surface area contributed by atoms with E-state index in [-0.39, 0.29) is 17.9 Å². The minimum absolute atomic E-state index is 0.0577. The summed E-state index contributed by atoms with van der Waals surface area (Å²) in [6, 6.07) is 7.19. The van der Waals surface area contributed by atoms with Gasteiger partial charge in [-0.3, -0.25) is 14.5 Å². The molecule has 0 radical (unpaired) electrons. The van der Waals surface area contributed by atoms with Crippen molar-refractivity contribution in [3.63, 3.8) is 0 Å². The molecule has 1 aromatic rings. The van der Waals surface area contributed by atoms with Gasteiger partial charge in [0.25, 0.3) is 0 Å². The van der Waals surface area contributed by atoms with Gasteiger partial charge < -0.3 is 19.7 Å². The molecule has 0 aliphatic carbocycles. The van der Waals surface area contributed by atoms with Gasteiger partial charge in [-0.2, -0.15) is 0 Å². The SMILES string of the molecule is O=C(NCCCN1CCOCC1)[C@@H]1[C@H]2C=C[C@]3(CN(c4ccc(Cl)cc4)C(=O)[C@@H]13)O2. The zero-order valence-electron chi connectivity index (χ0n) is 16.8. The Bertz CT molecular complexity index is 854. The number of morpholine rings is 1. The highest BCUT2D eigenvalue weighted by atomic mass is 35.5. The third-order valence-corrected chi connectivity index (χ3v) is 6.85. The molecular weight excluding hydrogens is 406 g/mol. The summed E-state index contributed by atoms with van der Waals surface area (Å²) >= 11 is 5.99. The van der Waals surface area contributed by atoms with Crippen LogP contribution in [-0.2, 0) is 19.1 Å². The lowest BCUT2D eigenvalue weighted by atomic mass is 9.77. The summed E-state index contributed by atoms with van der Waals surface area (Å²) in [7, 11) is 0. The molecule has 0 aromatic heterocycles. The Balaban J connectivity index is 1.23. The highest BCUT2D eigenvalue weighted by Crippen LogP contribution is 2.52. The van der Waals surface area contributed by atoms with Crippen LogP contribution in [0.15, 0.2) is 36.4 Å². The zero-order chi connectivity index (χ0) is 20.7. The summed E-state index contributed by atoms with van der Waals surface area (Å²) in [5, 5.41) is 3.66. The summed E-state index contributed by atoms with van der Waals surface area (Å²) in [5.41, 5.74) is 0.0651. The number of carbonyl (C=O) groups excluding carboxylic acids is 2. The van der Waals surface area contributed by atoms with Gasteiger partial charge in [-0.05, 0) is 37.2 Å². The fraction of sp³-hybridized carbons (Fsp3) is 0.545. The van der Waals surface area contributed by atoms with Crippen molar-refractivity contribution in [2.24, 2.45) is 11.8 Å². The number of anilines is 1.